The molecular weight excluding hydrogens is 291 g/mol. The monoisotopic (exact) mass is 312 g/mol. The molecule has 0 saturated carbocycles. The molecule has 0 bridgehead atoms. The van der Waals surface area contributed by atoms with Crippen LogP contribution in [-0.2, 0) is 11.0 Å². The number of aromatic nitrogens is 2. The van der Waals surface area contributed by atoms with Crippen molar-refractivity contribution < 1.29 is 4.57 Å². The number of rotatable bonds is 3. The molecule has 4 heteroatoms. The van der Waals surface area contributed by atoms with Gasteiger partial charge in [-0.05, 0) is 55.5 Å². The van der Waals surface area contributed by atoms with Gasteiger partial charge in [-0.1, -0.05) is 19.1 Å². The lowest BCUT2D eigenvalue weighted by Crippen LogP contribution is -2.07. The maximum Gasteiger partial charge on any atom is 0.137 e. The zero-order valence-electron chi connectivity index (χ0n) is 13.5. The van der Waals surface area contributed by atoms with E-state index in [1.165, 1.54) is 10.9 Å². The first-order chi connectivity index (χ1) is 10.4. The van der Waals surface area contributed by atoms with Gasteiger partial charge in [-0.25, -0.2) is 4.98 Å². The van der Waals surface area contributed by atoms with Crippen LogP contribution in [0.2, 0.25) is 0 Å². The summed E-state index contributed by atoms with van der Waals surface area (Å²) in [6.45, 7) is 7.80. The topological polar surface area (TPSA) is 45.8 Å². The molecule has 0 aliphatic carbocycles. The van der Waals surface area contributed by atoms with Crippen LogP contribution >= 0.6 is 7.14 Å². The third-order valence-corrected chi connectivity index (χ3v) is 5.76. The fraction of sp³-hybridized carbons (Fsp3) is 0.278. The zero-order chi connectivity index (χ0) is 15.9. The van der Waals surface area contributed by atoms with Crippen LogP contribution in [0.4, 0.5) is 0 Å². The van der Waals surface area contributed by atoms with Crippen LogP contribution in [0.25, 0.3) is 22.2 Å². The number of H-pyrrole nitrogens is 1. The molecule has 0 spiro atoms. The number of pyridine rings is 1. The summed E-state index contributed by atoms with van der Waals surface area (Å²) < 4.78 is 12.5. The SMILES string of the molecule is CCc1c[nH]c2ncc(-c3ccc(C)c(P(C)(C)=O)c3)cc12. The molecule has 0 unspecified atom stereocenters. The molecule has 0 fully saturated rings. The lowest BCUT2D eigenvalue weighted by Gasteiger charge is -2.13. The fourth-order valence-corrected chi connectivity index (χ4v) is 4.25. The van der Waals surface area contributed by atoms with Gasteiger partial charge in [0.25, 0.3) is 0 Å². The standard InChI is InChI=1S/C18H21N2OP/c1-5-13-10-19-18-16(13)8-15(11-20-18)14-7-6-12(2)17(9-14)22(3,4)21/h6-11H,5H2,1-4H3,(H,19,20). The van der Waals surface area contributed by atoms with E-state index in [1.807, 2.05) is 38.7 Å². The van der Waals surface area contributed by atoms with E-state index < -0.39 is 7.14 Å². The molecule has 0 atom stereocenters. The molecule has 0 aliphatic rings. The molecule has 114 valence electrons. The molecule has 0 saturated heterocycles. The van der Waals surface area contributed by atoms with Gasteiger partial charge in [-0.3, -0.25) is 0 Å². The van der Waals surface area contributed by atoms with Crippen LogP contribution in [0.15, 0.2) is 36.7 Å². The number of hydrogen-bond acceptors (Lipinski definition) is 2. The Labute approximate surface area is 131 Å². The number of fused-ring (bicyclic) bond motifs is 1. The Kier molecular flexibility index (Phi) is 3.70. The second-order valence-corrected chi connectivity index (χ2v) is 9.32. The maximum atomic E-state index is 12.5. The van der Waals surface area contributed by atoms with Crippen LogP contribution in [0.5, 0.6) is 0 Å². The number of nitrogens with one attached hydrogen (secondary N) is 1. The van der Waals surface area contributed by atoms with E-state index >= 15 is 0 Å². The predicted molar refractivity (Wildman–Crippen MR) is 94.7 cm³/mol. The van der Waals surface area contributed by atoms with E-state index in [0.717, 1.165) is 34.1 Å². The normalized spacial score (nSPS) is 12.0. The van der Waals surface area contributed by atoms with Crippen LogP contribution < -0.4 is 5.30 Å². The largest absolute Gasteiger partial charge is 0.346 e. The van der Waals surface area contributed by atoms with Crippen molar-refractivity contribution in [1.82, 2.24) is 9.97 Å². The van der Waals surface area contributed by atoms with E-state index in [9.17, 15) is 4.57 Å². The first-order valence-electron chi connectivity index (χ1n) is 7.52. The van der Waals surface area contributed by atoms with Crippen molar-refractivity contribution in [2.75, 3.05) is 13.3 Å². The molecule has 3 aromatic rings. The van der Waals surface area contributed by atoms with Gasteiger partial charge >= 0.3 is 0 Å². The molecular formula is C18H21N2OP. The van der Waals surface area contributed by atoms with Crippen molar-refractivity contribution in [3.05, 3.63) is 47.8 Å². The minimum atomic E-state index is -2.28. The highest BCUT2D eigenvalue weighted by Gasteiger charge is 2.15. The van der Waals surface area contributed by atoms with Crippen LogP contribution in [0.3, 0.4) is 0 Å². The Morgan fingerprint density at radius 2 is 1.95 bits per heavy atom. The van der Waals surface area contributed by atoms with Gasteiger partial charge in [0, 0.05) is 28.6 Å². The number of hydrogen-bond donors (Lipinski definition) is 1. The summed E-state index contributed by atoms with van der Waals surface area (Å²) in [4.78, 5) is 7.72. The number of benzene rings is 1. The quantitative estimate of drug-likeness (QED) is 0.731. The summed E-state index contributed by atoms with van der Waals surface area (Å²) in [6, 6.07) is 8.35. The van der Waals surface area contributed by atoms with Crippen LogP contribution in [-0.4, -0.2) is 23.3 Å². The first-order valence-corrected chi connectivity index (χ1v) is 10.1. The lowest BCUT2D eigenvalue weighted by molar-refractivity contribution is 0.588. The van der Waals surface area contributed by atoms with E-state index in [2.05, 4.69) is 35.1 Å². The Morgan fingerprint density at radius 3 is 2.64 bits per heavy atom. The van der Waals surface area contributed by atoms with Gasteiger partial charge in [0.1, 0.15) is 12.8 Å². The van der Waals surface area contributed by atoms with Crippen molar-refractivity contribution in [3.8, 4) is 11.1 Å². The van der Waals surface area contributed by atoms with Gasteiger partial charge in [0.2, 0.25) is 0 Å². The van der Waals surface area contributed by atoms with Crippen molar-refractivity contribution in [1.29, 1.82) is 0 Å². The van der Waals surface area contributed by atoms with Crippen LogP contribution in [0, 0.1) is 6.92 Å². The highest BCUT2D eigenvalue weighted by atomic mass is 31.2. The second-order valence-electron chi connectivity index (χ2n) is 6.14. The average molecular weight is 312 g/mol. The zero-order valence-corrected chi connectivity index (χ0v) is 14.4. The Hall–Kier alpha value is -1.86. The molecule has 22 heavy (non-hydrogen) atoms. The minimum Gasteiger partial charge on any atom is -0.346 e. The third-order valence-electron chi connectivity index (χ3n) is 4.12. The predicted octanol–water partition coefficient (Wildman–Crippen LogP) is 4.35. The molecule has 1 aromatic carbocycles. The molecule has 2 aromatic heterocycles. The third kappa shape index (κ3) is 2.62. The molecule has 0 aliphatic heterocycles. The van der Waals surface area contributed by atoms with Gasteiger partial charge in [0.15, 0.2) is 0 Å². The molecule has 0 radical (unpaired) electrons. The van der Waals surface area contributed by atoms with E-state index in [-0.39, 0.29) is 0 Å². The summed E-state index contributed by atoms with van der Waals surface area (Å²) in [5.41, 5.74) is 5.42. The number of aromatic amines is 1. The molecule has 3 nitrogen and oxygen atoms in total. The Bertz CT molecular complexity index is 889. The van der Waals surface area contributed by atoms with Gasteiger partial charge in [0.05, 0.1) is 0 Å². The smallest absolute Gasteiger partial charge is 0.137 e. The van der Waals surface area contributed by atoms with Gasteiger partial charge in [-0.2, -0.15) is 0 Å². The Morgan fingerprint density at radius 1 is 1.18 bits per heavy atom. The minimum absolute atomic E-state index is 0.921. The highest BCUT2D eigenvalue weighted by molar-refractivity contribution is 7.70. The molecule has 0 amide bonds. The van der Waals surface area contributed by atoms with Crippen molar-refractivity contribution in [2.45, 2.75) is 20.3 Å². The van der Waals surface area contributed by atoms with Gasteiger partial charge in [-0.15, -0.1) is 0 Å². The van der Waals surface area contributed by atoms with E-state index in [0.29, 0.717) is 0 Å². The summed E-state index contributed by atoms with van der Waals surface area (Å²) in [6.07, 6.45) is 4.88. The fourth-order valence-electron chi connectivity index (χ4n) is 2.88. The van der Waals surface area contributed by atoms with E-state index in [1.54, 1.807) is 0 Å². The number of aryl methyl sites for hydroxylation is 2. The summed E-state index contributed by atoms with van der Waals surface area (Å²) in [5.74, 6) is 0. The maximum absolute atomic E-state index is 12.5. The van der Waals surface area contributed by atoms with Crippen LogP contribution in [0.1, 0.15) is 18.1 Å². The summed E-state index contributed by atoms with van der Waals surface area (Å²) >= 11 is 0. The number of nitrogens with zero attached hydrogens (tertiary/aromatic N) is 1. The van der Waals surface area contributed by atoms with E-state index in [4.69, 9.17) is 0 Å². The van der Waals surface area contributed by atoms with Crippen molar-refractivity contribution in [3.63, 3.8) is 0 Å². The first kappa shape index (κ1) is 15.1. The summed E-state index contributed by atoms with van der Waals surface area (Å²) in [7, 11) is -2.28. The van der Waals surface area contributed by atoms with Crippen molar-refractivity contribution in [2.24, 2.45) is 0 Å². The van der Waals surface area contributed by atoms with Gasteiger partial charge < -0.3 is 9.55 Å². The molecule has 3 rings (SSSR count). The lowest BCUT2D eigenvalue weighted by atomic mass is 10.0. The molecule has 2 heterocycles. The molecule has 1 N–H and O–H groups in total. The highest BCUT2D eigenvalue weighted by Crippen LogP contribution is 2.37. The Balaban J connectivity index is 2.17. The van der Waals surface area contributed by atoms with Crippen molar-refractivity contribution >= 4 is 23.5 Å². The average Bonchev–Trinajstić information content (AvgIpc) is 2.88. The summed E-state index contributed by atoms with van der Waals surface area (Å²) in [5, 5.41) is 2.12. The second kappa shape index (κ2) is 5.40.